The summed E-state index contributed by atoms with van der Waals surface area (Å²) in [6.07, 6.45) is -13.0. The van der Waals surface area contributed by atoms with E-state index in [1.54, 1.807) is 0 Å². The van der Waals surface area contributed by atoms with Crippen molar-refractivity contribution in [2.24, 2.45) is 0 Å². The van der Waals surface area contributed by atoms with Crippen molar-refractivity contribution < 1.29 is 48.7 Å². The van der Waals surface area contributed by atoms with Crippen LogP contribution in [0.3, 0.4) is 0 Å². The van der Waals surface area contributed by atoms with E-state index < -0.39 is 46.2 Å². The molecule has 108 valence electrons. The van der Waals surface area contributed by atoms with E-state index in [-0.39, 0.29) is 0 Å². The zero-order valence-electron chi connectivity index (χ0n) is 8.19. The highest BCUT2D eigenvalue weighted by atomic mass is 31.2. The van der Waals surface area contributed by atoms with E-state index in [1.165, 1.54) is 0 Å². The van der Waals surface area contributed by atoms with Gasteiger partial charge in [0, 0.05) is 0 Å². The molecule has 0 aromatic heterocycles. The fourth-order valence-corrected chi connectivity index (χ4v) is 1.84. The standard InChI is InChI=1S/C6H5F8O3P/c7-4(8,6(12,13)14)2-16-18-15-1-3(17-18)5(9,10)11/h3H,1-2H2/t3-,18?/m0/s1. The highest BCUT2D eigenvalue weighted by Crippen LogP contribution is 2.51. The van der Waals surface area contributed by atoms with E-state index in [2.05, 4.69) is 13.6 Å². The van der Waals surface area contributed by atoms with Crippen LogP contribution in [0.4, 0.5) is 35.1 Å². The molecule has 0 aromatic carbocycles. The van der Waals surface area contributed by atoms with Crippen molar-refractivity contribution in [3.63, 3.8) is 0 Å². The maximum Gasteiger partial charge on any atom is 0.455 e. The quantitative estimate of drug-likeness (QED) is 0.591. The van der Waals surface area contributed by atoms with E-state index in [0.717, 1.165) is 0 Å². The van der Waals surface area contributed by atoms with Crippen LogP contribution in [0, 0.1) is 0 Å². The molecule has 1 unspecified atom stereocenters. The van der Waals surface area contributed by atoms with Crippen LogP contribution >= 0.6 is 8.60 Å². The minimum Gasteiger partial charge on any atom is -0.309 e. The Hall–Kier alpha value is -0.250. The molecule has 2 atom stereocenters. The molecule has 0 radical (unpaired) electrons. The molecule has 1 saturated heterocycles. The minimum absolute atomic E-state index is 1.01. The van der Waals surface area contributed by atoms with Crippen molar-refractivity contribution in [1.29, 1.82) is 0 Å². The second-order valence-corrected chi connectivity index (χ2v) is 4.31. The van der Waals surface area contributed by atoms with E-state index in [9.17, 15) is 35.1 Å². The van der Waals surface area contributed by atoms with Crippen LogP contribution < -0.4 is 0 Å². The second kappa shape index (κ2) is 5.03. The normalized spacial score (nSPS) is 26.7. The summed E-state index contributed by atoms with van der Waals surface area (Å²) in [6.45, 7) is -3.17. The van der Waals surface area contributed by atoms with Gasteiger partial charge in [0.05, 0.1) is 6.61 Å². The molecular formula is C6H5F8O3P. The summed E-state index contributed by atoms with van der Waals surface area (Å²) in [5.41, 5.74) is 0. The van der Waals surface area contributed by atoms with Gasteiger partial charge in [-0.05, 0) is 0 Å². The molecule has 12 heteroatoms. The highest BCUT2D eigenvalue weighted by molar-refractivity contribution is 7.42. The summed E-state index contributed by atoms with van der Waals surface area (Å²) in [5.74, 6) is -5.18. The van der Waals surface area contributed by atoms with Crippen LogP contribution in [0.15, 0.2) is 0 Å². The Kier molecular flexibility index (Phi) is 4.41. The zero-order chi connectivity index (χ0) is 14.2. The molecule has 0 aromatic rings. The fourth-order valence-electron chi connectivity index (χ4n) is 0.731. The molecule has 1 rings (SSSR count). The molecule has 1 fully saturated rings. The van der Waals surface area contributed by atoms with Gasteiger partial charge in [-0.15, -0.1) is 0 Å². The summed E-state index contributed by atoms with van der Waals surface area (Å²) in [7, 11) is -2.86. The van der Waals surface area contributed by atoms with Gasteiger partial charge in [0.25, 0.3) is 0 Å². The van der Waals surface area contributed by atoms with Crippen molar-refractivity contribution in [3.05, 3.63) is 0 Å². The van der Waals surface area contributed by atoms with Gasteiger partial charge in [-0.25, -0.2) is 0 Å². The molecule has 3 nitrogen and oxygen atoms in total. The smallest absolute Gasteiger partial charge is 0.309 e. The molecular weight excluding hydrogens is 303 g/mol. The Morgan fingerprint density at radius 1 is 1.06 bits per heavy atom. The van der Waals surface area contributed by atoms with E-state index in [0.29, 0.717) is 0 Å². The van der Waals surface area contributed by atoms with E-state index >= 15 is 0 Å². The van der Waals surface area contributed by atoms with Gasteiger partial charge in [-0.2, -0.15) is 35.1 Å². The van der Waals surface area contributed by atoms with Gasteiger partial charge in [-0.3, -0.25) is 4.52 Å². The molecule has 1 aliphatic rings. The largest absolute Gasteiger partial charge is 0.455 e. The van der Waals surface area contributed by atoms with E-state index in [1.807, 2.05) is 0 Å². The summed E-state index contributed by atoms with van der Waals surface area (Å²) < 4.78 is 108. The first-order valence-corrected chi connectivity index (χ1v) is 5.27. The van der Waals surface area contributed by atoms with Gasteiger partial charge in [0.15, 0.2) is 6.10 Å². The highest BCUT2D eigenvalue weighted by Gasteiger charge is 2.58. The molecule has 0 saturated carbocycles. The van der Waals surface area contributed by atoms with Gasteiger partial charge >= 0.3 is 26.9 Å². The first-order valence-electron chi connectivity index (χ1n) is 4.17. The SMILES string of the molecule is FC(F)(F)[C@@H]1COP(OCC(F)(F)C(F)(F)F)O1. The zero-order valence-corrected chi connectivity index (χ0v) is 9.08. The first-order chi connectivity index (χ1) is 7.93. The van der Waals surface area contributed by atoms with Gasteiger partial charge < -0.3 is 9.05 Å². The maximum atomic E-state index is 12.3. The van der Waals surface area contributed by atoms with Crippen LogP contribution in [0.25, 0.3) is 0 Å². The predicted molar refractivity (Wildman–Crippen MR) is 40.8 cm³/mol. The molecule has 1 aliphatic heterocycles. The van der Waals surface area contributed by atoms with Crippen LogP contribution in [0.5, 0.6) is 0 Å². The lowest BCUT2D eigenvalue weighted by atomic mass is 10.3. The topological polar surface area (TPSA) is 27.7 Å². The Labute approximate surface area is 96.0 Å². The Morgan fingerprint density at radius 2 is 1.61 bits per heavy atom. The summed E-state index contributed by atoms with van der Waals surface area (Å²) in [6, 6.07) is 0. The number of hydrogen-bond acceptors (Lipinski definition) is 3. The molecule has 0 bridgehead atoms. The fraction of sp³-hybridized carbons (Fsp3) is 1.00. The lowest BCUT2D eigenvalue weighted by molar-refractivity contribution is -0.290. The monoisotopic (exact) mass is 308 g/mol. The van der Waals surface area contributed by atoms with Crippen LogP contribution in [-0.2, 0) is 13.6 Å². The lowest BCUT2D eigenvalue weighted by Crippen LogP contribution is -2.40. The summed E-state index contributed by atoms with van der Waals surface area (Å²) in [5, 5.41) is 0. The van der Waals surface area contributed by atoms with Crippen LogP contribution in [0.2, 0.25) is 0 Å². The van der Waals surface area contributed by atoms with Crippen LogP contribution in [-0.4, -0.2) is 37.6 Å². The molecule has 0 amide bonds. The molecule has 1 heterocycles. The third-order valence-corrected chi connectivity index (χ3v) is 2.80. The first kappa shape index (κ1) is 15.8. The molecule has 18 heavy (non-hydrogen) atoms. The Balaban J connectivity index is 2.43. The summed E-state index contributed by atoms with van der Waals surface area (Å²) >= 11 is 0. The van der Waals surface area contributed by atoms with Crippen molar-refractivity contribution in [1.82, 2.24) is 0 Å². The molecule has 0 aliphatic carbocycles. The Morgan fingerprint density at radius 3 is 2.00 bits per heavy atom. The minimum atomic E-state index is -5.86. The lowest BCUT2D eigenvalue weighted by Gasteiger charge is -2.20. The van der Waals surface area contributed by atoms with E-state index in [4.69, 9.17) is 0 Å². The van der Waals surface area contributed by atoms with Crippen LogP contribution in [0.1, 0.15) is 0 Å². The Bertz CT molecular complexity index is 290. The third kappa shape index (κ3) is 3.87. The third-order valence-electron chi connectivity index (χ3n) is 1.68. The number of halogens is 8. The van der Waals surface area contributed by atoms with Gasteiger partial charge in [0.1, 0.15) is 6.61 Å². The average Bonchev–Trinajstić information content (AvgIpc) is 2.60. The molecule has 0 N–H and O–H groups in total. The van der Waals surface area contributed by atoms with Crippen molar-refractivity contribution in [3.8, 4) is 0 Å². The van der Waals surface area contributed by atoms with Crippen molar-refractivity contribution >= 4 is 8.60 Å². The maximum absolute atomic E-state index is 12.3. The number of rotatable bonds is 3. The molecule has 0 spiro atoms. The number of alkyl halides is 8. The van der Waals surface area contributed by atoms with Gasteiger partial charge in [0.2, 0.25) is 0 Å². The number of hydrogen-bond donors (Lipinski definition) is 0. The van der Waals surface area contributed by atoms with Gasteiger partial charge in [-0.1, -0.05) is 0 Å². The van der Waals surface area contributed by atoms with Crippen molar-refractivity contribution in [2.45, 2.75) is 24.4 Å². The predicted octanol–water partition coefficient (Wildman–Crippen LogP) is 3.41. The average molecular weight is 308 g/mol. The summed E-state index contributed by atoms with van der Waals surface area (Å²) in [4.78, 5) is 0. The van der Waals surface area contributed by atoms with Crippen molar-refractivity contribution in [2.75, 3.05) is 13.2 Å². The second-order valence-electron chi connectivity index (χ2n) is 3.13.